The first-order valence-corrected chi connectivity index (χ1v) is 19.8. The first-order valence-electron chi connectivity index (χ1n) is 14.0. The molecular formula is C30H51N3O2Si2. The SMILES string of the molecule is CC(C)(C)[Si](C)(C)OCC1CC(Nc2cc(CCc3ccccc3)ncn2)CC1O[Si](C)(C)C(C)(C)C. The first-order chi connectivity index (χ1) is 17.1. The molecule has 1 aromatic heterocycles. The maximum Gasteiger partial charge on any atom is 0.192 e. The van der Waals surface area contributed by atoms with Gasteiger partial charge in [0.05, 0.1) is 6.10 Å². The summed E-state index contributed by atoms with van der Waals surface area (Å²) in [7, 11) is -3.72. The summed E-state index contributed by atoms with van der Waals surface area (Å²) in [4.78, 5) is 9.09. The highest BCUT2D eigenvalue weighted by molar-refractivity contribution is 6.74. The molecule has 3 unspecified atom stereocenters. The zero-order valence-corrected chi connectivity index (χ0v) is 27.0. The van der Waals surface area contributed by atoms with Crippen molar-refractivity contribution in [1.29, 1.82) is 0 Å². The molecule has 2 aromatic rings. The predicted molar refractivity (Wildman–Crippen MR) is 161 cm³/mol. The van der Waals surface area contributed by atoms with Crippen molar-refractivity contribution in [2.45, 2.75) is 116 Å². The molecule has 0 amide bonds. The van der Waals surface area contributed by atoms with E-state index in [1.807, 2.05) is 0 Å². The Morgan fingerprint density at radius 1 is 0.865 bits per heavy atom. The molecule has 1 N–H and O–H groups in total. The van der Waals surface area contributed by atoms with Crippen LogP contribution < -0.4 is 5.32 Å². The molecule has 1 fully saturated rings. The summed E-state index contributed by atoms with van der Waals surface area (Å²) < 4.78 is 13.7. The van der Waals surface area contributed by atoms with Crippen LogP contribution in [0.2, 0.25) is 36.3 Å². The molecule has 1 saturated carbocycles. The van der Waals surface area contributed by atoms with Crippen LogP contribution in [0.15, 0.2) is 42.7 Å². The van der Waals surface area contributed by atoms with Crippen LogP contribution in [0.1, 0.15) is 65.6 Å². The maximum absolute atomic E-state index is 7.01. The molecule has 0 spiro atoms. The lowest BCUT2D eigenvalue weighted by atomic mass is 10.1. The number of hydrogen-bond acceptors (Lipinski definition) is 5. The van der Waals surface area contributed by atoms with Crippen molar-refractivity contribution >= 4 is 22.5 Å². The molecule has 1 aromatic carbocycles. The zero-order chi connectivity index (χ0) is 27.5. The van der Waals surface area contributed by atoms with Gasteiger partial charge in [0, 0.05) is 30.3 Å². The van der Waals surface area contributed by atoms with Gasteiger partial charge in [0.25, 0.3) is 0 Å². The van der Waals surface area contributed by atoms with Crippen LogP contribution >= 0.6 is 0 Å². The van der Waals surface area contributed by atoms with Crippen LogP contribution in [0, 0.1) is 5.92 Å². The van der Waals surface area contributed by atoms with E-state index in [2.05, 4.69) is 119 Å². The van der Waals surface area contributed by atoms with Gasteiger partial charge in [-0.3, -0.25) is 0 Å². The van der Waals surface area contributed by atoms with Crippen molar-refractivity contribution in [1.82, 2.24) is 9.97 Å². The molecule has 37 heavy (non-hydrogen) atoms. The van der Waals surface area contributed by atoms with Gasteiger partial charge in [-0.15, -0.1) is 0 Å². The van der Waals surface area contributed by atoms with Gasteiger partial charge in [0.2, 0.25) is 0 Å². The zero-order valence-electron chi connectivity index (χ0n) is 25.0. The molecule has 5 nitrogen and oxygen atoms in total. The summed E-state index contributed by atoms with van der Waals surface area (Å²) in [5.41, 5.74) is 2.41. The summed E-state index contributed by atoms with van der Waals surface area (Å²) >= 11 is 0. The second-order valence-electron chi connectivity index (χ2n) is 13.9. The lowest BCUT2D eigenvalue weighted by molar-refractivity contribution is 0.101. The third-order valence-corrected chi connectivity index (χ3v) is 17.9. The Hall–Kier alpha value is -1.55. The van der Waals surface area contributed by atoms with Gasteiger partial charge in [-0.1, -0.05) is 71.9 Å². The van der Waals surface area contributed by atoms with Gasteiger partial charge in [0.15, 0.2) is 16.6 Å². The van der Waals surface area contributed by atoms with Gasteiger partial charge >= 0.3 is 0 Å². The molecule has 1 aliphatic rings. The minimum absolute atomic E-state index is 0.184. The van der Waals surface area contributed by atoms with E-state index in [9.17, 15) is 0 Å². The third-order valence-electron chi connectivity index (χ3n) is 8.93. The molecular weight excluding hydrogens is 491 g/mol. The summed E-state index contributed by atoms with van der Waals surface area (Å²) in [5.74, 6) is 1.31. The lowest BCUT2D eigenvalue weighted by Crippen LogP contribution is -2.46. The Kier molecular flexibility index (Phi) is 9.47. The molecule has 7 heteroatoms. The second-order valence-corrected chi connectivity index (χ2v) is 23.5. The maximum atomic E-state index is 7.01. The van der Waals surface area contributed by atoms with Gasteiger partial charge < -0.3 is 14.2 Å². The first kappa shape index (κ1) is 30.0. The van der Waals surface area contributed by atoms with E-state index in [4.69, 9.17) is 8.85 Å². The van der Waals surface area contributed by atoms with Crippen molar-refractivity contribution in [2.24, 2.45) is 5.92 Å². The molecule has 206 valence electrons. The smallest absolute Gasteiger partial charge is 0.192 e. The Labute approximate surface area is 228 Å². The van der Waals surface area contributed by atoms with Gasteiger partial charge in [-0.2, -0.15) is 0 Å². The Morgan fingerprint density at radius 3 is 2.14 bits per heavy atom. The van der Waals surface area contributed by atoms with Crippen molar-refractivity contribution < 1.29 is 8.85 Å². The standard InChI is InChI=1S/C30H51N3O2Si2/c1-29(2,3)36(7,8)34-21-24-18-26(19-27(24)35-37(9,10)30(4,5)6)33-28-20-25(31-22-32-28)17-16-23-14-12-11-13-15-23/h11-15,20,22,24,26-27H,16-19,21H2,1-10H3,(H,31,32,33). The minimum Gasteiger partial charge on any atom is -0.416 e. The van der Waals surface area contributed by atoms with Crippen LogP contribution in [0.4, 0.5) is 5.82 Å². The van der Waals surface area contributed by atoms with Gasteiger partial charge in [0.1, 0.15) is 12.1 Å². The topological polar surface area (TPSA) is 56.3 Å². The number of aromatic nitrogens is 2. The van der Waals surface area contributed by atoms with E-state index < -0.39 is 16.6 Å². The Bertz CT molecular complexity index is 1000. The largest absolute Gasteiger partial charge is 0.416 e. The highest BCUT2D eigenvalue weighted by Crippen LogP contribution is 2.43. The normalized spacial score (nSPS) is 21.3. The molecule has 0 saturated heterocycles. The van der Waals surface area contributed by atoms with E-state index in [0.29, 0.717) is 12.0 Å². The summed E-state index contributed by atoms with van der Waals surface area (Å²) in [6.07, 6.45) is 5.82. The number of aryl methyl sites for hydroxylation is 2. The molecule has 3 rings (SSSR count). The fraction of sp³-hybridized carbons (Fsp3) is 0.667. The number of anilines is 1. The van der Waals surface area contributed by atoms with E-state index in [1.165, 1.54) is 5.56 Å². The Morgan fingerprint density at radius 2 is 1.51 bits per heavy atom. The summed E-state index contributed by atoms with van der Waals surface area (Å²) in [6.45, 7) is 24.1. The average molecular weight is 542 g/mol. The van der Waals surface area contributed by atoms with Crippen molar-refractivity contribution in [2.75, 3.05) is 11.9 Å². The van der Waals surface area contributed by atoms with E-state index >= 15 is 0 Å². The van der Waals surface area contributed by atoms with Crippen molar-refractivity contribution in [3.05, 3.63) is 54.0 Å². The fourth-order valence-electron chi connectivity index (χ4n) is 4.35. The second kappa shape index (κ2) is 11.7. The number of rotatable bonds is 10. The lowest BCUT2D eigenvalue weighted by Gasteiger charge is -2.41. The van der Waals surface area contributed by atoms with Gasteiger partial charge in [-0.05, 0) is 67.5 Å². The van der Waals surface area contributed by atoms with Gasteiger partial charge in [-0.25, -0.2) is 9.97 Å². The van der Waals surface area contributed by atoms with E-state index in [0.717, 1.165) is 43.8 Å². The van der Waals surface area contributed by atoms with Crippen LogP contribution in [-0.2, 0) is 21.7 Å². The van der Waals surface area contributed by atoms with Crippen LogP contribution in [0.3, 0.4) is 0 Å². The van der Waals surface area contributed by atoms with Crippen LogP contribution in [0.25, 0.3) is 0 Å². The third kappa shape index (κ3) is 8.22. The number of hydrogen-bond donors (Lipinski definition) is 1. The van der Waals surface area contributed by atoms with E-state index in [-0.39, 0.29) is 16.2 Å². The molecule has 1 aliphatic carbocycles. The number of nitrogens with zero attached hydrogens (tertiary/aromatic N) is 2. The number of benzene rings is 1. The van der Waals surface area contributed by atoms with E-state index in [1.54, 1.807) is 6.33 Å². The molecule has 0 aliphatic heterocycles. The predicted octanol–water partition coefficient (Wildman–Crippen LogP) is 7.86. The molecule has 3 atom stereocenters. The van der Waals surface area contributed by atoms with Crippen molar-refractivity contribution in [3.8, 4) is 0 Å². The summed E-state index contributed by atoms with van der Waals surface area (Å²) in [5, 5.41) is 4.12. The summed E-state index contributed by atoms with van der Waals surface area (Å²) in [6, 6.07) is 13.0. The molecule has 1 heterocycles. The number of nitrogens with one attached hydrogen (secondary N) is 1. The Balaban J connectivity index is 1.69. The minimum atomic E-state index is -1.89. The highest BCUT2D eigenvalue weighted by atomic mass is 28.4. The quantitative estimate of drug-likeness (QED) is 0.310. The fourth-order valence-corrected chi connectivity index (χ4v) is 6.81. The molecule has 0 radical (unpaired) electrons. The highest BCUT2D eigenvalue weighted by Gasteiger charge is 2.45. The van der Waals surface area contributed by atoms with Crippen LogP contribution in [-0.4, -0.2) is 45.4 Å². The molecule has 0 bridgehead atoms. The monoisotopic (exact) mass is 541 g/mol. The van der Waals surface area contributed by atoms with Crippen LogP contribution in [0.5, 0.6) is 0 Å². The van der Waals surface area contributed by atoms with Crippen molar-refractivity contribution in [3.63, 3.8) is 0 Å². The average Bonchev–Trinajstić information content (AvgIpc) is 3.16.